The number of fused-ring (bicyclic) bond motifs is 1. The first-order chi connectivity index (χ1) is 8.11. The van der Waals surface area contributed by atoms with Crippen molar-refractivity contribution >= 4 is 11.9 Å². The zero-order valence-corrected chi connectivity index (χ0v) is 10.3. The average molecular weight is 239 g/mol. The van der Waals surface area contributed by atoms with Crippen LogP contribution in [0.3, 0.4) is 0 Å². The predicted octanol–water partition coefficient (Wildman–Crippen LogP) is 1.65. The van der Waals surface area contributed by atoms with E-state index in [9.17, 15) is 9.59 Å². The fourth-order valence-electron chi connectivity index (χ4n) is 2.96. The molecule has 2 N–H and O–H groups in total. The molecule has 0 aromatic rings. The van der Waals surface area contributed by atoms with Gasteiger partial charge in [-0.2, -0.15) is 0 Å². The lowest BCUT2D eigenvalue weighted by molar-refractivity contribution is -0.142. The van der Waals surface area contributed by atoms with Crippen LogP contribution in [0.25, 0.3) is 0 Å². The van der Waals surface area contributed by atoms with Crippen molar-refractivity contribution in [1.29, 1.82) is 0 Å². The predicted molar refractivity (Wildman–Crippen MR) is 63.4 cm³/mol. The van der Waals surface area contributed by atoms with Gasteiger partial charge >= 0.3 is 5.97 Å². The number of carboxylic acid groups (broad SMARTS) is 1. The maximum Gasteiger partial charge on any atom is 0.308 e. The first kappa shape index (κ1) is 12.4. The van der Waals surface area contributed by atoms with Gasteiger partial charge in [0.25, 0.3) is 0 Å². The van der Waals surface area contributed by atoms with E-state index in [1.54, 1.807) is 0 Å². The number of hydrogen-bond acceptors (Lipinski definition) is 2. The monoisotopic (exact) mass is 239 g/mol. The summed E-state index contributed by atoms with van der Waals surface area (Å²) >= 11 is 0. The van der Waals surface area contributed by atoms with E-state index in [4.69, 9.17) is 5.11 Å². The fourth-order valence-corrected chi connectivity index (χ4v) is 2.96. The average Bonchev–Trinajstić information content (AvgIpc) is 2.90. The summed E-state index contributed by atoms with van der Waals surface area (Å²) in [6.07, 6.45) is 4.80. The van der Waals surface area contributed by atoms with Gasteiger partial charge in [0.2, 0.25) is 5.91 Å². The van der Waals surface area contributed by atoms with Crippen LogP contribution in [0.1, 0.15) is 39.0 Å². The highest BCUT2D eigenvalue weighted by molar-refractivity contribution is 5.80. The van der Waals surface area contributed by atoms with Gasteiger partial charge in [-0.25, -0.2) is 0 Å². The number of nitrogens with one attached hydrogen (secondary N) is 1. The third-order valence-electron chi connectivity index (χ3n) is 4.12. The Morgan fingerprint density at radius 2 is 1.94 bits per heavy atom. The van der Waals surface area contributed by atoms with Crippen molar-refractivity contribution in [2.75, 3.05) is 6.54 Å². The van der Waals surface area contributed by atoms with Crippen LogP contribution in [0.2, 0.25) is 0 Å². The van der Waals surface area contributed by atoms with Crippen molar-refractivity contribution in [2.45, 2.75) is 39.0 Å². The second kappa shape index (κ2) is 5.07. The molecule has 96 valence electrons. The summed E-state index contributed by atoms with van der Waals surface area (Å²) in [6, 6.07) is 0. The summed E-state index contributed by atoms with van der Waals surface area (Å²) in [5.41, 5.74) is 0. The third kappa shape index (κ3) is 2.99. The number of amides is 1. The molecule has 17 heavy (non-hydrogen) atoms. The lowest BCUT2D eigenvalue weighted by Gasteiger charge is -2.15. The van der Waals surface area contributed by atoms with Crippen molar-refractivity contribution in [1.82, 2.24) is 5.32 Å². The highest BCUT2D eigenvalue weighted by Crippen LogP contribution is 2.54. The molecule has 0 aromatic heterocycles. The van der Waals surface area contributed by atoms with Gasteiger partial charge in [0.1, 0.15) is 0 Å². The SMILES string of the molecule is CCCC(CNC(=O)C1CC2CC2C1)C(=O)O. The highest BCUT2D eigenvalue weighted by atomic mass is 16.4. The summed E-state index contributed by atoms with van der Waals surface area (Å²) < 4.78 is 0. The normalized spacial score (nSPS) is 31.7. The van der Waals surface area contributed by atoms with Crippen molar-refractivity contribution in [2.24, 2.45) is 23.7 Å². The Labute approximate surface area is 102 Å². The third-order valence-corrected chi connectivity index (χ3v) is 4.12. The molecule has 2 rings (SSSR count). The lowest BCUT2D eigenvalue weighted by Crippen LogP contribution is -2.36. The van der Waals surface area contributed by atoms with Crippen molar-refractivity contribution < 1.29 is 14.7 Å². The first-order valence-corrected chi connectivity index (χ1v) is 6.62. The Balaban J connectivity index is 1.72. The Morgan fingerprint density at radius 1 is 1.29 bits per heavy atom. The summed E-state index contributed by atoms with van der Waals surface area (Å²) in [6.45, 7) is 2.25. The summed E-state index contributed by atoms with van der Waals surface area (Å²) in [5.74, 6) is 0.559. The van der Waals surface area contributed by atoms with Gasteiger partial charge in [0.05, 0.1) is 5.92 Å². The Hall–Kier alpha value is -1.06. The molecule has 0 radical (unpaired) electrons. The van der Waals surface area contributed by atoms with Crippen LogP contribution in [0.5, 0.6) is 0 Å². The summed E-state index contributed by atoms with van der Waals surface area (Å²) in [4.78, 5) is 22.8. The minimum absolute atomic E-state index is 0.0690. The van der Waals surface area contributed by atoms with Crippen molar-refractivity contribution in [3.8, 4) is 0 Å². The molecule has 0 aromatic carbocycles. The molecule has 0 bridgehead atoms. The first-order valence-electron chi connectivity index (χ1n) is 6.62. The molecule has 0 aliphatic heterocycles. The van der Waals surface area contributed by atoms with Crippen LogP contribution >= 0.6 is 0 Å². The molecule has 0 saturated heterocycles. The van der Waals surface area contributed by atoms with Crippen LogP contribution in [0, 0.1) is 23.7 Å². The van der Waals surface area contributed by atoms with Gasteiger partial charge in [0, 0.05) is 12.5 Å². The van der Waals surface area contributed by atoms with E-state index < -0.39 is 11.9 Å². The molecule has 2 aliphatic rings. The van der Waals surface area contributed by atoms with Gasteiger partial charge in [0.15, 0.2) is 0 Å². The zero-order valence-electron chi connectivity index (χ0n) is 10.3. The molecule has 1 amide bonds. The van der Waals surface area contributed by atoms with E-state index >= 15 is 0 Å². The number of carboxylic acids is 1. The zero-order chi connectivity index (χ0) is 12.4. The largest absolute Gasteiger partial charge is 0.481 e. The Kier molecular flexibility index (Phi) is 3.69. The van der Waals surface area contributed by atoms with Gasteiger partial charge in [-0.1, -0.05) is 13.3 Å². The molecule has 4 heteroatoms. The molecule has 2 saturated carbocycles. The number of rotatable bonds is 6. The van der Waals surface area contributed by atoms with Crippen LogP contribution in [0.15, 0.2) is 0 Å². The highest BCUT2D eigenvalue weighted by Gasteiger charge is 2.47. The number of carbonyl (C=O) groups is 2. The van der Waals surface area contributed by atoms with Gasteiger partial charge in [-0.05, 0) is 37.5 Å². The minimum atomic E-state index is -0.804. The number of carbonyl (C=O) groups excluding carboxylic acids is 1. The smallest absolute Gasteiger partial charge is 0.308 e. The maximum absolute atomic E-state index is 11.8. The molecule has 2 aliphatic carbocycles. The van der Waals surface area contributed by atoms with E-state index in [0.29, 0.717) is 6.42 Å². The fraction of sp³-hybridized carbons (Fsp3) is 0.846. The quantitative estimate of drug-likeness (QED) is 0.740. The molecule has 4 nitrogen and oxygen atoms in total. The second-order valence-electron chi connectivity index (χ2n) is 5.49. The van der Waals surface area contributed by atoms with E-state index in [1.807, 2.05) is 6.92 Å². The molecule has 0 spiro atoms. The molecule has 3 atom stereocenters. The molecule has 3 unspecified atom stereocenters. The molecular weight excluding hydrogens is 218 g/mol. The number of aliphatic carboxylic acids is 1. The van der Waals surface area contributed by atoms with Gasteiger partial charge in [-0.3, -0.25) is 9.59 Å². The van der Waals surface area contributed by atoms with Gasteiger partial charge in [-0.15, -0.1) is 0 Å². The Bertz CT molecular complexity index is 306. The topological polar surface area (TPSA) is 66.4 Å². The standard InChI is InChI=1S/C13H21NO3/c1-2-3-8(13(16)17)7-14-12(15)11-5-9-4-10(9)6-11/h8-11H,2-7H2,1H3,(H,14,15)(H,16,17). The van der Waals surface area contributed by atoms with Crippen molar-refractivity contribution in [3.05, 3.63) is 0 Å². The van der Waals surface area contributed by atoms with E-state index in [2.05, 4.69) is 5.32 Å². The summed E-state index contributed by atoms with van der Waals surface area (Å²) in [5, 5.41) is 11.8. The second-order valence-corrected chi connectivity index (χ2v) is 5.49. The minimum Gasteiger partial charge on any atom is -0.481 e. The molecule has 2 fully saturated rings. The van der Waals surface area contributed by atoms with Crippen LogP contribution in [-0.2, 0) is 9.59 Å². The molecule has 0 heterocycles. The number of hydrogen-bond donors (Lipinski definition) is 2. The Morgan fingerprint density at radius 3 is 2.47 bits per heavy atom. The van der Waals surface area contributed by atoms with Crippen LogP contribution in [0.4, 0.5) is 0 Å². The van der Waals surface area contributed by atoms with Crippen molar-refractivity contribution in [3.63, 3.8) is 0 Å². The van der Waals surface area contributed by atoms with E-state index in [0.717, 1.165) is 31.1 Å². The maximum atomic E-state index is 11.8. The van der Waals surface area contributed by atoms with Crippen LogP contribution in [-0.4, -0.2) is 23.5 Å². The summed E-state index contributed by atoms with van der Waals surface area (Å²) in [7, 11) is 0. The van der Waals surface area contributed by atoms with Gasteiger partial charge < -0.3 is 10.4 Å². The van der Waals surface area contributed by atoms with E-state index in [-0.39, 0.29) is 18.4 Å². The molecular formula is C13H21NO3. The van der Waals surface area contributed by atoms with Crippen LogP contribution < -0.4 is 5.32 Å². The van der Waals surface area contributed by atoms with E-state index in [1.165, 1.54) is 6.42 Å². The lowest BCUT2D eigenvalue weighted by atomic mass is 10.0.